The minimum atomic E-state index is -0.149. The second-order valence-electron chi connectivity index (χ2n) is 38.5. The van der Waals surface area contributed by atoms with Gasteiger partial charge in [-0.15, -0.1) is 22.7 Å². The molecular formula is C133H97N3OS2. The Hall–Kier alpha value is -16.5. The molecule has 0 unspecified atom stereocenters. The lowest BCUT2D eigenvalue weighted by Gasteiger charge is -2.28. The van der Waals surface area contributed by atoms with Gasteiger partial charge in [0.05, 0.1) is 5.69 Å². The van der Waals surface area contributed by atoms with Crippen molar-refractivity contribution < 1.29 is 4.42 Å². The largest absolute Gasteiger partial charge is 0.454 e. The molecule has 4 nitrogen and oxygen atoms in total. The molecule has 3 aliphatic rings. The van der Waals surface area contributed by atoms with Gasteiger partial charge in [-0.1, -0.05) is 381 Å². The summed E-state index contributed by atoms with van der Waals surface area (Å²) in [5, 5.41) is 10.4. The number of thiophene rings is 2. The van der Waals surface area contributed by atoms with Crippen molar-refractivity contribution in [3.63, 3.8) is 0 Å². The molecule has 3 aliphatic carbocycles. The molecule has 139 heavy (non-hydrogen) atoms. The van der Waals surface area contributed by atoms with Gasteiger partial charge in [0.25, 0.3) is 0 Å². The molecule has 0 atom stereocenters. The van der Waals surface area contributed by atoms with Gasteiger partial charge < -0.3 is 19.1 Å². The van der Waals surface area contributed by atoms with E-state index in [1.807, 2.05) is 22.7 Å². The normalized spacial score (nSPS) is 13.1. The van der Waals surface area contributed by atoms with Crippen LogP contribution >= 0.6 is 22.7 Å². The Kier molecular flexibility index (Phi) is 20.7. The molecular weight excluding hydrogens is 1720 g/mol. The predicted molar refractivity (Wildman–Crippen MR) is 594 cm³/mol. The van der Waals surface area contributed by atoms with Crippen molar-refractivity contribution in [1.29, 1.82) is 0 Å². The van der Waals surface area contributed by atoms with Gasteiger partial charge in [0.15, 0.2) is 5.58 Å². The highest BCUT2D eigenvalue weighted by molar-refractivity contribution is 7.26. The van der Waals surface area contributed by atoms with Crippen LogP contribution in [0.1, 0.15) is 74.9 Å². The van der Waals surface area contributed by atoms with E-state index in [9.17, 15) is 0 Å². The van der Waals surface area contributed by atoms with Crippen LogP contribution in [0.25, 0.3) is 162 Å². The van der Waals surface area contributed by atoms with Crippen molar-refractivity contribution in [2.24, 2.45) is 0 Å². The Morgan fingerprint density at radius 2 is 0.511 bits per heavy atom. The summed E-state index contributed by atoms with van der Waals surface area (Å²) in [5.41, 5.74) is 40.0. The molecule has 0 saturated heterocycles. The Bertz CT molecular complexity index is 8680. The summed E-state index contributed by atoms with van der Waals surface area (Å²) in [6, 6.07) is 174. The number of fused-ring (bicyclic) bond motifs is 22. The van der Waals surface area contributed by atoms with E-state index in [1.165, 1.54) is 185 Å². The standard InChI is InChI=1S/C45H33NO.C45H33NS.C43H31NS/c1-45(2)39-18-10-9-16-36(39)37-28-29-41-42(43(37)45)38-17-11-19-40(44(38)47-41)46(34-24-20-32(21-25-34)30-12-5-3-6-13-30)35-26-22-33(23-27-35)31-14-7-4-8-15-31;1-45(2)40-29-36(25-26-37(40)38-27-28-42-43(44(38)45)39-15-9-10-16-41(39)47-42)46(34-21-17-32(18-22-34)30-11-5-3-6-12-30)35-23-19-33(20-24-35)31-13-7-4-8-14-31;1-43(2)38-27-34(22-23-35(38)36-24-25-40-41(42(36)43)37-14-8-9-15-39(37)45-40)44(32-12-4-3-5-13-32)33-20-18-29(19-21-33)31-17-16-28-10-6-7-11-30(28)26-31/h2*3-29H,1-2H3;3-27H,1-2H3. The Morgan fingerprint density at radius 3 is 0.964 bits per heavy atom. The first-order chi connectivity index (χ1) is 68.2. The topological polar surface area (TPSA) is 22.9 Å². The van der Waals surface area contributed by atoms with E-state index in [-0.39, 0.29) is 16.2 Å². The molecule has 0 saturated carbocycles. The first-order valence-corrected chi connectivity index (χ1v) is 49.8. The van der Waals surface area contributed by atoms with Gasteiger partial charge in [-0.05, 0) is 273 Å². The molecule has 24 aromatic rings. The molecule has 0 amide bonds. The van der Waals surface area contributed by atoms with Crippen LogP contribution in [0.3, 0.4) is 0 Å². The van der Waals surface area contributed by atoms with Gasteiger partial charge in [0.2, 0.25) is 0 Å². The highest BCUT2D eigenvalue weighted by atomic mass is 32.1. The summed E-state index contributed by atoms with van der Waals surface area (Å²) in [6.45, 7) is 14.3. The molecule has 6 heteroatoms. The zero-order chi connectivity index (χ0) is 93.2. The van der Waals surface area contributed by atoms with Crippen LogP contribution in [-0.4, -0.2) is 0 Å². The van der Waals surface area contributed by atoms with Crippen LogP contribution in [0.2, 0.25) is 0 Å². The second-order valence-corrected chi connectivity index (χ2v) is 40.7. The van der Waals surface area contributed by atoms with E-state index in [1.54, 1.807) is 0 Å². The average Bonchev–Trinajstić information content (AvgIpc) is 1.55. The molecule has 0 aliphatic heterocycles. The third-order valence-corrected chi connectivity index (χ3v) is 31.6. The lowest BCUT2D eigenvalue weighted by molar-refractivity contribution is 0.657. The van der Waals surface area contributed by atoms with Crippen LogP contribution in [0.15, 0.2) is 484 Å². The lowest BCUT2D eigenvalue weighted by Crippen LogP contribution is -2.17. The highest BCUT2D eigenvalue weighted by Gasteiger charge is 2.42. The third kappa shape index (κ3) is 14.5. The number of para-hydroxylation sites is 2. The molecule has 662 valence electrons. The van der Waals surface area contributed by atoms with Crippen molar-refractivity contribution >= 4 is 147 Å². The van der Waals surface area contributed by atoms with Crippen LogP contribution < -0.4 is 14.7 Å². The fraction of sp³-hybridized carbons (Fsp3) is 0.0677. The van der Waals surface area contributed by atoms with E-state index >= 15 is 0 Å². The predicted octanol–water partition coefficient (Wildman–Crippen LogP) is 38.5. The van der Waals surface area contributed by atoms with Crippen molar-refractivity contribution in [1.82, 2.24) is 0 Å². The average molecular weight is 1820 g/mol. The van der Waals surface area contributed by atoms with E-state index < -0.39 is 0 Å². The number of nitrogens with zero attached hydrogens (tertiary/aromatic N) is 3. The Balaban J connectivity index is 0.000000110. The fourth-order valence-corrected chi connectivity index (χ4v) is 24.9. The van der Waals surface area contributed by atoms with Crippen LogP contribution in [0.4, 0.5) is 51.2 Å². The number of anilines is 9. The van der Waals surface area contributed by atoms with Gasteiger partial charge in [0.1, 0.15) is 5.58 Å². The summed E-state index contributed by atoms with van der Waals surface area (Å²) in [6.07, 6.45) is 0. The molecule has 0 N–H and O–H groups in total. The maximum Gasteiger partial charge on any atom is 0.159 e. The molecule has 0 radical (unpaired) electrons. The quantitative estimate of drug-likeness (QED) is 0.108. The highest BCUT2D eigenvalue weighted by Crippen LogP contribution is 2.60. The SMILES string of the molecule is CC1(C)c2cc(N(c3ccc(-c4ccccc4)cc3)c3ccc(-c4ccccc4)cc3)ccc2-c2ccc3sc4ccccc4c3c21.CC1(C)c2cc(N(c3ccccc3)c3ccc(-c4ccc5ccccc5c4)cc3)ccc2-c2ccc3sc4ccccc4c3c21.CC1(C)c2ccccc2-c2ccc3oc4c(N(c5ccc(-c6ccccc6)cc5)c5ccc(-c6ccccc6)cc5)cccc4c3c21. The lowest BCUT2D eigenvalue weighted by atomic mass is 9.80. The van der Waals surface area contributed by atoms with Gasteiger partial charge in [-0.25, -0.2) is 0 Å². The molecule has 3 heterocycles. The van der Waals surface area contributed by atoms with E-state index in [0.717, 1.165) is 62.1 Å². The smallest absolute Gasteiger partial charge is 0.159 e. The first kappa shape index (κ1) is 84.3. The van der Waals surface area contributed by atoms with Gasteiger partial charge >= 0.3 is 0 Å². The molecule has 27 rings (SSSR count). The second kappa shape index (κ2) is 34.1. The number of hydrogen-bond donors (Lipinski definition) is 0. The summed E-state index contributed by atoms with van der Waals surface area (Å²) >= 11 is 3.80. The molecule has 0 fully saturated rings. The zero-order valence-corrected chi connectivity index (χ0v) is 79.8. The minimum absolute atomic E-state index is 0.133. The first-order valence-electron chi connectivity index (χ1n) is 48.1. The van der Waals surface area contributed by atoms with E-state index in [2.05, 4.69) is 535 Å². The third-order valence-electron chi connectivity index (χ3n) is 29.3. The van der Waals surface area contributed by atoms with Gasteiger partial charge in [0, 0.05) is 113 Å². The summed E-state index contributed by atoms with van der Waals surface area (Å²) in [7, 11) is 0. The van der Waals surface area contributed by atoms with Crippen LogP contribution in [0, 0.1) is 0 Å². The van der Waals surface area contributed by atoms with E-state index in [4.69, 9.17) is 4.42 Å². The molecule has 3 aromatic heterocycles. The minimum Gasteiger partial charge on any atom is -0.454 e. The summed E-state index contributed by atoms with van der Waals surface area (Å²) in [5.74, 6) is 0. The number of hydrogen-bond acceptors (Lipinski definition) is 6. The van der Waals surface area contributed by atoms with Crippen LogP contribution in [0.5, 0.6) is 0 Å². The van der Waals surface area contributed by atoms with E-state index in [0.29, 0.717) is 0 Å². The molecule has 21 aromatic carbocycles. The summed E-state index contributed by atoms with van der Waals surface area (Å²) in [4.78, 5) is 7.12. The number of furan rings is 1. The molecule has 0 bridgehead atoms. The van der Waals surface area contributed by atoms with Crippen molar-refractivity contribution in [2.45, 2.75) is 57.8 Å². The maximum absolute atomic E-state index is 6.87. The zero-order valence-electron chi connectivity index (χ0n) is 78.2. The van der Waals surface area contributed by atoms with Crippen molar-refractivity contribution in [2.75, 3.05) is 14.7 Å². The maximum atomic E-state index is 6.87. The van der Waals surface area contributed by atoms with Crippen LogP contribution in [-0.2, 0) is 16.2 Å². The molecule has 0 spiro atoms. The number of rotatable bonds is 14. The monoisotopic (exact) mass is 1820 g/mol. The van der Waals surface area contributed by atoms with Crippen molar-refractivity contribution in [3.8, 4) is 89.0 Å². The Labute approximate surface area is 819 Å². The van der Waals surface area contributed by atoms with Crippen molar-refractivity contribution in [3.05, 3.63) is 513 Å². The van der Waals surface area contributed by atoms with Gasteiger partial charge in [-0.2, -0.15) is 0 Å². The fourth-order valence-electron chi connectivity index (χ4n) is 22.6. The number of benzene rings is 21. The Morgan fingerprint density at radius 1 is 0.194 bits per heavy atom. The van der Waals surface area contributed by atoms with Gasteiger partial charge in [-0.3, -0.25) is 0 Å². The summed E-state index contributed by atoms with van der Waals surface area (Å²) < 4.78 is 12.3.